The third-order valence-electron chi connectivity index (χ3n) is 3.40. The first-order chi connectivity index (χ1) is 11.2. The monoisotopic (exact) mass is 335 g/mol. The van der Waals surface area contributed by atoms with E-state index in [1.165, 1.54) is 0 Å². The maximum absolute atomic E-state index is 12.1. The molecule has 24 heavy (non-hydrogen) atoms. The third kappa shape index (κ3) is 7.46. The van der Waals surface area contributed by atoms with Crippen LogP contribution >= 0.6 is 0 Å². The van der Waals surface area contributed by atoms with Gasteiger partial charge < -0.3 is 15.0 Å². The standard InChI is InChI=1S/C18H29N3O3/c1-6-21(7-2)13-12-19-16(22)14-8-10-15(11-9-14)20-17(23)24-18(3,4)5/h8-11H,6-7,12-13H2,1-5H3,(H,19,22)(H,20,23). The van der Waals surface area contributed by atoms with Crippen molar-refractivity contribution >= 4 is 17.7 Å². The van der Waals surface area contributed by atoms with E-state index in [-0.39, 0.29) is 5.91 Å². The van der Waals surface area contributed by atoms with Crippen LogP contribution in [0.4, 0.5) is 10.5 Å². The lowest BCUT2D eigenvalue weighted by Crippen LogP contribution is -2.34. The predicted molar refractivity (Wildman–Crippen MR) is 96.4 cm³/mol. The van der Waals surface area contributed by atoms with Crippen molar-refractivity contribution in [1.82, 2.24) is 10.2 Å². The van der Waals surface area contributed by atoms with Gasteiger partial charge in [-0.25, -0.2) is 4.79 Å². The molecule has 0 bridgehead atoms. The van der Waals surface area contributed by atoms with Crippen molar-refractivity contribution in [3.8, 4) is 0 Å². The molecule has 0 radical (unpaired) electrons. The van der Waals surface area contributed by atoms with E-state index in [1.54, 1.807) is 45.0 Å². The average Bonchev–Trinajstić information content (AvgIpc) is 2.50. The normalized spacial score (nSPS) is 11.2. The molecule has 0 aliphatic rings. The maximum atomic E-state index is 12.1. The Kier molecular flexibility index (Phi) is 7.71. The van der Waals surface area contributed by atoms with Gasteiger partial charge in [0.05, 0.1) is 0 Å². The average molecular weight is 335 g/mol. The van der Waals surface area contributed by atoms with Crippen LogP contribution in [0, 0.1) is 0 Å². The number of hydrogen-bond acceptors (Lipinski definition) is 4. The molecule has 0 aromatic heterocycles. The van der Waals surface area contributed by atoms with Gasteiger partial charge in [-0.3, -0.25) is 10.1 Å². The highest BCUT2D eigenvalue weighted by atomic mass is 16.6. The van der Waals surface area contributed by atoms with E-state index >= 15 is 0 Å². The summed E-state index contributed by atoms with van der Waals surface area (Å²) in [6, 6.07) is 6.73. The summed E-state index contributed by atoms with van der Waals surface area (Å²) in [5.41, 5.74) is 0.600. The van der Waals surface area contributed by atoms with Gasteiger partial charge in [0.15, 0.2) is 0 Å². The number of nitrogens with one attached hydrogen (secondary N) is 2. The van der Waals surface area contributed by atoms with E-state index < -0.39 is 11.7 Å². The van der Waals surface area contributed by atoms with Crippen LogP contribution in [0.3, 0.4) is 0 Å². The van der Waals surface area contributed by atoms with Crippen molar-refractivity contribution in [2.24, 2.45) is 0 Å². The molecule has 0 heterocycles. The van der Waals surface area contributed by atoms with Gasteiger partial charge in [-0.2, -0.15) is 0 Å². The Bertz CT molecular complexity index is 531. The fraction of sp³-hybridized carbons (Fsp3) is 0.556. The van der Waals surface area contributed by atoms with Crippen molar-refractivity contribution in [2.75, 3.05) is 31.5 Å². The molecule has 0 aliphatic carbocycles. The van der Waals surface area contributed by atoms with Gasteiger partial charge in [-0.05, 0) is 58.1 Å². The molecule has 0 atom stereocenters. The van der Waals surface area contributed by atoms with Gasteiger partial charge in [-0.1, -0.05) is 13.8 Å². The van der Waals surface area contributed by atoms with Gasteiger partial charge in [0, 0.05) is 24.3 Å². The number of amides is 2. The van der Waals surface area contributed by atoms with Crippen LogP contribution in [-0.2, 0) is 4.74 Å². The first-order valence-corrected chi connectivity index (χ1v) is 8.35. The lowest BCUT2D eigenvalue weighted by Gasteiger charge is -2.19. The van der Waals surface area contributed by atoms with Gasteiger partial charge in [0.25, 0.3) is 5.91 Å². The number of carbonyl (C=O) groups excluding carboxylic acids is 2. The van der Waals surface area contributed by atoms with Crippen molar-refractivity contribution in [1.29, 1.82) is 0 Å². The van der Waals surface area contributed by atoms with Crippen LogP contribution in [0.5, 0.6) is 0 Å². The molecule has 0 unspecified atom stereocenters. The zero-order chi connectivity index (χ0) is 18.2. The van der Waals surface area contributed by atoms with E-state index in [2.05, 4.69) is 29.4 Å². The molecule has 0 fully saturated rings. The summed E-state index contributed by atoms with van der Waals surface area (Å²) in [5, 5.41) is 5.54. The molecule has 134 valence electrons. The van der Waals surface area contributed by atoms with E-state index in [1.807, 2.05) is 0 Å². The molecule has 1 aromatic carbocycles. The molecule has 2 N–H and O–H groups in total. The summed E-state index contributed by atoms with van der Waals surface area (Å²) in [5.74, 6) is -0.119. The molecule has 2 amide bonds. The van der Waals surface area contributed by atoms with Crippen LogP contribution < -0.4 is 10.6 Å². The Morgan fingerprint density at radius 1 is 1.08 bits per heavy atom. The van der Waals surface area contributed by atoms with Crippen LogP contribution in [-0.4, -0.2) is 48.7 Å². The first-order valence-electron chi connectivity index (χ1n) is 8.35. The fourth-order valence-electron chi connectivity index (χ4n) is 2.10. The first kappa shape index (κ1) is 20.0. The quantitative estimate of drug-likeness (QED) is 0.803. The molecule has 0 saturated carbocycles. The minimum absolute atomic E-state index is 0.119. The summed E-state index contributed by atoms with van der Waals surface area (Å²) in [7, 11) is 0. The number of ether oxygens (including phenoxy) is 1. The molecule has 0 saturated heterocycles. The fourth-order valence-corrected chi connectivity index (χ4v) is 2.10. The smallest absolute Gasteiger partial charge is 0.412 e. The molecule has 1 rings (SSSR count). The van der Waals surface area contributed by atoms with Crippen LogP contribution in [0.15, 0.2) is 24.3 Å². The molecule has 6 nitrogen and oxygen atoms in total. The van der Waals surface area contributed by atoms with Gasteiger partial charge in [0.2, 0.25) is 0 Å². The molecular formula is C18H29N3O3. The summed E-state index contributed by atoms with van der Waals surface area (Å²) in [6.45, 7) is 13.0. The Hall–Kier alpha value is -2.08. The number of nitrogens with zero attached hydrogens (tertiary/aromatic N) is 1. The molecule has 0 aliphatic heterocycles. The number of rotatable bonds is 7. The molecule has 0 spiro atoms. The Morgan fingerprint density at radius 3 is 2.17 bits per heavy atom. The van der Waals surface area contributed by atoms with Crippen LogP contribution in [0.25, 0.3) is 0 Å². The van der Waals surface area contributed by atoms with Crippen molar-refractivity contribution in [2.45, 2.75) is 40.2 Å². The van der Waals surface area contributed by atoms with E-state index in [0.717, 1.165) is 19.6 Å². The number of benzene rings is 1. The SMILES string of the molecule is CCN(CC)CCNC(=O)c1ccc(NC(=O)OC(C)(C)C)cc1. The number of hydrogen-bond donors (Lipinski definition) is 2. The second-order valence-corrected chi connectivity index (χ2v) is 6.49. The topological polar surface area (TPSA) is 70.7 Å². The highest BCUT2D eigenvalue weighted by molar-refractivity contribution is 5.95. The highest BCUT2D eigenvalue weighted by Crippen LogP contribution is 2.13. The van der Waals surface area contributed by atoms with Crippen molar-refractivity contribution in [3.63, 3.8) is 0 Å². The zero-order valence-electron chi connectivity index (χ0n) is 15.3. The third-order valence-corrected chi connectivity index (χ3v) is 3.40. The summed E-state index contributed by atoms with van der Waals surface area (Å²) in [6.07, 6.45) is -0.515. The predicted octanol–water partition coefficient (Wildman–Crippen LogP) is 3.11. The van der Waals surface area contributed by atoms with Crippen LogP contribution in [0.1, 0.15) is 45.0 Å². The Balaban J connectivity index is 2.49. The lowest BCUT2D eigenvalue weighted by atomic mass is 10.2. The summed E-state index contributed by atoms with van der Waals surface area (Å²) in [4.78, 5) is 26.0. The largest absolute Gasteiger partial charge is 0.444 e. The summed E-state index contributed by atoms with van der Waals surface area (Å²) >= 11 is 0. The Morgan fingerprint density at radius 2 is 1.67 bits per heavy atom. The molecule has 6 heteroatoms. The van der Waals surface area contributed by atoms with Crippen molar-refractivity contribution in [3.05, 3.63) is 29.8 Å². The summed E-state index contributed by atoms with van der Waals surface area (Å²) < 4.78 is 5.18. The van der Waals surface area contributed by atoms with Crippen molar-refractivity contribution < 1.29 is 14.3 Å². The highest BCUT2D eigenvalue weighted by Gasteiger charge is 2.16. The lowest BCUT2D eigenvalue weighted by molar-refractivity contribution is 0.0635. The Labute approximate surface area is 144 Å². The zero-order valence-corrected chi connectivity index (χ0v) is 15.3. The minimum atomic E-state index is -0.547. The minimum Gasteiger partial charge on any atom is -0.444 e. The second kappa shape index (κ2) is 9.27. The second-order valence-electron chi connectivity index (χ2n) is 6.49. The van der Waals surface area contributed by atoms with E-state index in [9.17, 15) is 9.59 Å². The molecule has 1 aromatic rings. The van der Waals surface area contributed by atoms with Gasteiger partial charge in [-0.15, -0.1) is 0 Å². The van der Waals surface area contributed by atoms with E-state index in [0.29, 0.717) is 17.8 Å². The number of likely N-dealkylation sites (N-methyl/N-ethyl adjacent to an activating group) is 1. The number of carbonyl (C=O) groups is 2. The van der Waals surface area contributed by atoms with Crippen LogP contribution in [0.2, 0.25) is 0 Å². The van der Waals surface area contributed by atoms with E-state index in [4.69, 9.17) is 4.74 Å². The maximum Gasteiger partial charge on any atom is 0.412 e. The number of anilines is 1. The van der Waals surface area contributed by atoms with Gasteiger partial charge >= 0.3 is 6.09 Å². The van der Waals surface area contributed by atoms with Gasteiger partial charge in [0.1, 0.15) is 5.60 Å². The molecular weight excluding hydrogens is 306 g/mol.